The van der Waals surface area contributed by atoms with Crippen LogP contribution in [0.15, 0.2) is 45.4 Å². The summed E-state index contributed by atoms with van der Waals surface area (Å²) in [6, 6.07) is 7.76. The Bertz CT molecular complexity index is 861. The van der Waals surface area contributed by atoms with Gasteiger partial charge in [0.15, 0.2) is 0 Å². The molecule has 0 unspecified atom stereocenters. The molecule has 168 valence electrons. The van der Waals surface area contributed by atoms with Crippen LogP contribution in [-0.2, 0) is 4.74 Å². The minimum atomic E-state index is 0.158. The standard InChI is InChI=1S/C21H29Cl2N7O/c1-24-21(23)30-11-13-31-12-10-26-16-27-15-25-7-2-3-8-28-19-6-9-29-20-14-17(22)4-5-18(19)20/h4-6,9,14,16,25H,1-3,7-8,10-13,15H2,(H,26,27)(H,28,29). The van der Waals surface area contributed by atoms with E-state index in [1.807, 2.05) is 24.3 Å². The normalized spacial score (nSPS) is 11.9. The first-order chi connectivity index (χ1) is 15.2. The van der Waals surface area contributed by atoms with Gasteiger partial charge in [-0.25, -0.2) is 4.99 Å². The largest absolute Gasteiger partial charge is 0.384 e. The molecule has 0 radical (unpaired) electrons. The Labute approximate surface area is 193 Å². The van der Waals surface area contributed by atoms with Crippen molar-refractivity contribution in [2.75, 3.05) is 51.4 Å². The summed E-state index contributed by atoms with van der Waals surface area (Å²) in [5, 5.41) is 11.8. The molecule has 0 atom stereocenters. The number of fused-ring (bicyclic) bond motifs is 1. The predicted molar refractivity (Wildman–Crippen MR) is 132 cm³/mol. The second kappa shape index (κ2) is 15.5. The number of halogens is 2. The highest BCUT2D eigenvalue weighted by molar-refractivity contribution is 6.65. The van der Waals surface area contributed by atoms with Gasteiger partial charge in [-0.15, -0.1) is 0 Å². The van der Waals surface area contributed by atoms with Crippen molar-refractivity contribution in [1.82, 2.24) is 15.6 Å². The molecule has 31 heavy (non-hydrogen) atoms. The minimum Gasteiger partial charge on any atom is -0.384 e. The third kappa shape index (κ3) is 10.5. The van der Waals surface area contributed by atoms with Gasteiger partial charge in [-0.05, 0) is 62.0 Å². The molecule has 0 spiro atoms. The monoisotopic (exact) mass is 465 g/mol. The number of hydrogen-bond acceptors (Lipinski definition) is 6. The molecule has 0 saturated carbocycles. The van der Waals surface area contributed by atoms with Gasteiger partial charge in [-0.1, -0.05) is 11.6 Å². The average Bonchev–Trinajstić information content (AvgIpc) is 2.78. The summed E-state index contributed by atoms with van der Waals surface area (Å²) in [7, 11) is 0. The Morgan fingerprint density at radius 1 is 1.16 bits per heavy atom. The number of amidine groups is 1. The zero-order valence-electron chi connectivity index (χ0n) is 17.5. The summed E-state index contributed by atoms with van der Waals surface area (Å²) in [6.45, 7) is 7.89. The van der Waals surface area contributed by atoms with E-state index in [2.05, 4.69) is 42.6 Å². The quantitative estimate of drug-likeness (QED) is 0.162. The van der Waals surface area contributed by atoms with E-state index in [-0.39, 0.29) is 5.29 Å². The molecule has 0 aliphatic carbocycles. The van der Waals surface area contributed by atoms with E-state index in [1.165, 1.54) is 0 Å². The van der Waals surface area contributed by atoms with Gasteiger partial charge in [0.1, 0.15) is 0 Å². The molecule has 3 N–H and O–H groups in total. The highest BCUT2D eigenvalue weighted by Crippen LogP contribution is 2.24. The van der Waals surface area contributed by atoms with Gasteiger partial charge in [-0.3, -0.25) is 20.3 Å². The molecule has 2 aromatic rings. The van der Waals surface area contributed by atoms with Gasteiger partial charge < -0.3 is 15.4 Å². The number of nitrogens with zero attached hydrogens (tertiary/aromatic N) is 4. The lowest BCUT2D eigenvalue weighted by molar-refractivity contribution is 0.147. The zero-order chi connectivity index (χ0) is 22.2. The number of rotatable bonds is 15. The van der Waals surface area contributed by atoms with Crippen LogP contribution in [0.2, 0.25) is 5.02 Å². The van der Waals surface area contributed by atoms with Crippen molar-refractivity contribution in [3.05, 3.63) is 35.5 Å². The fourth-order valence-electron chi connectivity index (χ4n) is 2.68. The number of pyridine rings is 1. The summed E-state index contributed by atoms with van der Waals surface area (Å²) < 4.78 is 5.39. The van der Waals surface area contributed by atoms with E-state index in [0.717, 1.165) is 42.5 Å². The third-order valence-corrected chi connectivity index (χ3v) is 4.66. The molecule has 1 aromatic carbocycles. The topological polar surface area (TPSA) is 95.3 Å². The minimum absolute atomic E-state index is 0.158. The second-order valence-electron chi connectivity index (χ2n) is 6.50. The highest BCUT2D eigenvalue weighted by Gasteiger charge is 2.02. The lowest BCUT2D eigenvalue weighted by Crippen LogP contribution is -2.21. The SMILES string of the molecule is C=NC(Cl)=NCCOCCNC=NCNCCCCNc1ccnc2cc(Cl)ccc12. The van der Waals surface area contributed by atoms with Crippen molar-refractivity contribution in [3.8, 4) is 0 Å². The molecular weight excluding hydrogens is 437 g/mol. The average molecular weight is 466 g/mol. The van der Waals surface area contributed by atoms with Crippen LogP contribution in [0.5, 0.6) is 0 Å². The lowest BCUT2D eigenvalue weighted by atomic mass is 10.2. The van der Waals surface area contributed by atoms with Crippen molar-refractivity contribution in [1.29, 1.82) is 0 Å². The van der Waals surface area contributed by atoms with E-state index in [0.29, 0.717) is 38.0 Å². The number of nitrogens with one attached hydrogen (secondary N) is 3. The van der Waals surface area contributed by atoms with Crippen LogP contribution in [0.3, 0.4) is 0 Å². The number of aromatic nitrogens is 1. The smallest absolute Gasteiger partial charge is 0.217 e. The maximum absolute atomic E-state index is 6.03. The van der Waals surface area contributed by atoms with Gasteiger partial charge in [-0.2, -0.15) is 0 Å². The van der Waals surface area contributed by atoms with Gasteiger partial charge in [0, 0.05) is 35.4 Å². The summed E-state index contributed by atoms with van der Waals surface area (Å²) in [5.74, 6) is 0. The van der Waals surface area contributed by atoms with Crippen LogP contribution in [-0.4, -0.2) is 69.4 Å². The summed E-state index contributed by atoms with van der Waals surface area (Å²) >= 11 is 11.6. The van der Waals surface area contributed by atoms with E-state index >= 15 is 0 Å². The van der Waals surface area contributed by atoms with Crippen molar-refractivity contribution in [2.45, 2.75) is 12.8 Å². The fraction of sp³-hybridized carbons (Fsp3) is 0.429. The number of ether oxygens (including phenoxy) is 1. The molecule has 10 heteroatoms. The molecule has 8 nitrogen and oxygen atoms in total. The van der Waals surface area contributed by atoms with Gasteiger partial charge in [0.05, 0.1) is 38.3 Å². The first kappa shape index (κ1) is 25.0. The lowest BCUT2D eigenvalue weighted by Gasteiger charge is -2.09. The van der Waals surface area contributed by atoms with Crippen LogP contribution < -0.4 is 16.0 Å². The zero-order valence-corrected chi connectivity index (χ0v) is 19.0. The Morgan fingerprint density at radius 3 is 2.90 bits per heavy atom. The Morgan fingerprint density at radius 2 is 2.03 bits per heavy atom. The van der Waals surface area contributed by atoms with Crippen molar-refractivity contribution >= 4 is 58.1 Å². The number of anilines is 1. The van der Waals surface area contributed by atoms with Gasteiger partial charge >= 0.3 is 0 Å². The van der Waals surface area contributed by atoms with Crippen molar-refractivity contribution in [3.63, 3.8) is 0 Å². The molecule has 0 bridgehead atoms. The van der Waals surface area contributed by atoms with E-state index in [9.17, 15) is 0 Å². The number of unbranched alkanes of at least 4 members (excludes halogenated alkanes) is 1. The Hall–Kier alpha value is -2.26. The maximum Gasteiger partial charge on any atom is 0.217 e. The van der Waals surface area contributed by atoms with Gasteiger partial charge in [0.2, 0.25) is 5.29 Å². The Balaban J connectivity index is 1.43. The summed E-state index contributed by atoms with van der Waals surface area (Å²) in [4.78, 5) is 16.0. The van der Waals surface area contributed by atoms with Crippen LogP contribution in [0, 0.1) is 0 Å². The van der Waals surface area contributed by atoms with Crippen LogP contribution in [0.4, 0.5) is 5.69 Å². The second-order valence-corrected chi connectivity index (χ2v) is 7.27. The summed E-state index contributed by atoms with van der Waals surface area (Å²) in [5.41, 5.74) is 1.98. The maximum atomic E-state index is 6.03. The third-order valence-electron chi connectivity index (χ3n) is 4.19. The van der Waals surface area contributed by atoms with Gasteiger partial charge in [0.25, 0.3) is 0 Å². The molecule has 0 amide bonds. The molecule has 0 aliphatic rings. The van der Waals surface area contributed by atoms with Crippen LogP contribution in [0.25, 0.3) is 10.9 Å². The first-order valence-electron chi connectivity index (χ1n) is 10.2. The van der Waals surface area contributed by atoms with E-state index in [1.54, 1.807) is 12.5 Å². The predicted octanol–water partition coefficient (Wildman–Crippen LogP) is 3.56. The molecule has 0 fully saturated rings. The molecule has 0 saturated heterocycles. The number of hydrogen-bond donors (Lipinski definition) is 3. The van der Waals surface area contributed by atoms with Crippen LogP contribution in [0.1, 0.15) is 12.8 Å². The van der Waals surface area contributed by atoms with Crippen molar-refractivity contribution in [2.24, 2.45) is 15.0 Å². The van der Waals surface area contributed by atoms with Crippen molar-refractivity contribution < 1.29 is 4.74 Å². The molecule has 2 rings (SSSR count). The van der Waals surface area contributed by atoms with E-state index in [4.69, 9.17) is 27.9 Å². The molecule has 1 aromatic heterocycles. The molecule has 0 aliphatic heterocycles. The highest BCUT2D eigenvalue weighted by atomic mass is 35.5. The molecular formula is C21H29Cl2N7O. The number of aliphatic imine (C=N–C) groups is 3. The number of benzene rings is 1. The summed E-state index contributed by atoms with van der Waals surface area (Å²) in [6.07, 6.45) is 5.61. The fourth-order valence-corrected chi connectivity index (χ4v) is 2.93. The van der Waals surface area contributed by atoms with Crippen LogP contribution >= 0.6 is 23.2 Å². The van der Waals surface area contributed by atoms with E-state index < -0.39 is 0 Å². The first-order valence-corrected chi connectivity index (χ1v) is 10.9. The molecule has 1 heterocycles. The Kier molecular flexibility index (Phi) is 12.5.